The van der Waals surface area contributed by atoms with Crippen molar-refractivity contribution in [3.05, 3.63) is 58.6 Å². The molecule has 0 saturated heterocycles. The van der Waals surface area contributed by atoms with Crippen LogP contribution in [0, 0.1) is 0 Å². The molecule has 0 heterocycles. The third-order valence-electron chi connectivity index (χ3n) is 3.23. The van der Waals surface area contributed by atoms with Crippen LogP contribution in [0.2, 0.25) is 5.02 Å². The fraction of sp³-hybridized carbons (Fsp3) is 0.222. The Morgan fingerprint density at radius 3 is 2.52 bits per heavy atom. The lowest BCUT2D eigenvalue weighted by atomic mass is 10.0. The van der Waals surface area contributed by atoms with Gasteiger partial charge >= 0.3 is 5.97 Å². The van der Waals surface area contributed by atoms with Crippen molar-refractivity contribution in [1.29, 1.82) is 0 Å². The highest BCUT2D eigenvalue weighted by molar-refractivity contribution is 6.32. The standard InChI is InChI=1S/C18H18ClNO3/c1-12(2)14-4-6-15(7-5-14)20-10-13-3-8-17(16(19)9-13)23-11-18(21)22/h3-10,12H,11H2,1-2H3,(H,21,22). The molecule has 2 aromatic carbocycles. The molecule has 0 aliphatic rings. The summed E-state index contributed by atoms with van der Waals surface area (Å²) in [5.41, 5.74) is 2.94. The molecule has 0 fully saturated rings. The van der Waals surface area contributed by atoms with E-state index in [0.717, 1.165) is 11.3 Å². The first kappa shape index (κ1) is 17.0. The van der Waals surface area contributed by atoms with Crippen LogP contribution >= 0.6 is 11.6 Å². The van der Waals surface area contributed by atoms with Crippen molar-refractivity contribution >= 4 is 29.5 Å². The first-order valence-corrected chi connectivity index (χ1v) is 7.61. The zero-order valence-corrected chi connectivity index (χ0v) is 13.7. The van der Waals surface area contributed by atoms with E-state index in [1.165, 1.54) is 5.56 Å². The summed E-state index contributed by atoms with van der Waals surface area (Å²) in [6.45, 7) is 3.87. The largest absolute Gasteiger partial charge is 0.480 e. The fourth-order valence-electron chi connectivity index (χ4n) is 1.95. The summed E-state index contributed by atoms with van der Waals surface area (Å²) < 4.78 is 5.08. The van der Waals surface area contributed by atoms with Crippen molar-refractivity contribution in [3.63, 3.8) is 0 Å². The van der Waals surface area contributed by atoms with Crippen LogP contribution in [-0.4, -0.2) is 23.9 Å². The van der Waals surface area contributed by atoms with E-state index in [2.05, 4.69) is 31.0 Å². The summed E-state index contributed by atoms with van der Waals surface area (Å²) in [6, 6.07) is 13.2. The van der Waals surface area contributed by atoms with E-state index in [1.54, 1.807) is 24.4 Å². The van der Waals surface area contributed by atoms with Crippen molar-refractivity contribution in [2.75, 3.05) is 6.61 Å². The predicted octanol–water partition coefficient (Wildman–Crippen LogP) is 4.68. The molecule has 0 amide bonds. The van der Waals surface area contributed by atoms with Crippen LogP contribution in [0.15, 0.2) is 47.5 Å². The monoisotopic (exact) mass is 331 g/mol. The summed E-state index contributed by atoms with van der Waals surface area (Å²) >= 11 is 6.07. The van der Waals surface area contributed by atoms with Gasteiger partial charge in [-0.25, -0.2) is 4.79 Å². The fourth-order valence-corrected chi connectivity index (χ4v) is 2.19. The van der Waals surface area contributed by atoms with Gasteiger partial charge in [0.25, 0.3) is 0 Å². The molecule has 0 unspecified atom stereocenters. The molecule has 120 valence electrons. The van der Waals surface area contributed by atoms with Crippen LogP contribution in [0.5, 0.6) is 5.75 Å². The quantitative estimate of drug-likeness (QED) is 0.782. The van der Waals surface area contributed by atoms with Gasteiger partial charge < -0.3 is 9.84 Å². The molecule has 0 aromatic heterocycles. The zero-order valence-electron chi connectivity index (χ0n) is 13.0. The van der Waals surface area contributed by atoms with E-state index in [-0.39, 0.29) is 0 Å². The minimum Gasteiger partial charge on any atom is -0.480 e. The van der Waals surface area contributed by atoms with Gasteiger partial charge in [0.05, 0.1) is 10.7 Å². The first-order valence-electron chi connectivity index (χ1n) is 7.24. The minimum atomic E-state index is -1.04. The molecular weight excluding hydrogens is 314 g/mol. The molecule has 0 saturated carbocycles. The zero-order chi connectivity index (χ0) is 16.8. The Hall–Kier alpha value is -2.33. The molecular formula is C18H18ClNO3. The summed E-state index contributed by atoms with van der Waals surface area (Å²) in [5, 5.41) is 8.95. The lowest BCUT2D eigenvalue weighted by Gasteiger charge is -2.06. The average molecular weight is 332 g/mol. The van der Waals surface area contributed by atoms with Crippen molar-refractivity contribution < 1.29 is 14.6 Å². The lowest BCUT2D eigenvalue weighted by molar-refractivity contribution is -0.139. The first-order chi connectivity index (χ1) is 11.0. The molecule has 23 heavy (non-hydrogen) atoms. The summed E-state index contributed by atoms with van der Waals surface area (Å²) in [7, 11) is 0. The van der Waals surface area contributed by atoms with Gasteiger partial charge in [-0.15, -0.1) is 0 Å². The van der Waals surface area contributed by atoms with Crippen molar-refractivity contribution in [2.24, 2.45) is 4.99 Å². The SMILES string of the molecule is CC(C)c1ccc(N=Cc2ccc(OCC(=O)O)c(Cl)c2)cc1. The average Bonchev–Trinajstić information content (AvgIpc) is 2.52. The summed E-state index contributed by atoms with van der Waals surface area (Å²) in [6.07, 6.45) is 1.71. The maximum atomic E-state index is 10.5. The molecule has 0 spiro atoms. The van der Waals surface area contributed by atoms with Gasteiger partial charge in [0, 0.05) is 6.21 Å². The van der Waals surface area contributed by atoms with Crippen LogP contribution in [0.4, 0.5) is 5.69 Å². The third-order valence-corrected chi connectivity index (χ3v) is 3.52. The number of aliphatic carboxylic acids is 1. The second-order valence-corrected chi connectivity index (χ2v) is 5.78. The highest BCUT2D eigenvalue weighted by Gasteiger charge is 2.05. The van der Waals surface area contributed by atoms with Gasteiger partial charge in [0.15, 0.2) is 6.61 Å². The van der Waals surface area contributed by atoms with Crippen LogP contribution in [-0.2, 0) is 4.79 Å². The maximum Gasteiger partial charge on any atom is 0.341 e. The Morgan fingerprint density at radius 1 is 1.26 bits per heavy atom. The second kappa shape index (κ2) is 7.79. The Bertz CT molecular complexity index is 709. The Balaban J connectivity index is 2.07. The molecule has 0 radical (unpaired) electrons. The van der Waals surface area contributed by atoms with Gasteiger partial charge in [0.1, 0.15) is 5.75 Å². The van der Waals surface area contributed by atoms with Gasteiger partial charge in [-0.1, -0.05) is 37.6 Å². The van der Waals surface area contributed by atoms with Crippen molar-refractivity contribution in [1.82, 2.24) is 0 Å². The normalized spacial score (nSPS) is 11.1. The number of hydrogen-bond acceptors (Lipinski definition) is 3. The molecule has 2 aromatic rings. The topological polar surface area (TPSA) is 58.9 Å². The van der Waals surface area contributed by atoms with E-state index in [4.69, 9.17) is 21.4 Å². The molecule has 0 aliphatic carbocycles. The van der Waals surface area contributed by atoms with E-state index in [1.807, 2.05) is 12.1 Å². The number of nitrogens with zero attached hydrogens (tertiary/aromatic N) is 1. The highest BCUT2D eigenvalue weighted by atomic mass is 35.5. The Labute approximate surface area is 140 Å². The Morgan fingerprint density at radius 2 is 1.96 bits per heavy atom. The molecule has 1 N–H and O–H groups in total. The number of carbonyl (C=O) groups is 1. The number of hydrogen-bond donors (Lipinski definition) is 1. The van der Waals surface area contributed by atoms with Crippen molar-refractivity contribution in [2.45, 2.75) is 19.8 Å². The van der Waals surface area contributed by atoms with Gasteiger partial charge in [-0.05, 0) is 47.4 Å². The number of ether oxygens (including phenoxy) is 1. The third kappa shape index (κ3) is 5.11. The smallest absolute Gasteiger partial charge is 0.341 e. The van der Waals surface area contributed by atoms with E-state index in [9.17, 15) is 4.79 Å². The summed E-state index contributed by atoms with van der Waals surface area (Å²) in [4.78, 5) is 14.9. The molecule has 4 nitrogen and oxygen atoms in total. The minimum absolute atomic E-state index is 0.340. The maximum absolute atomic E-state index is 10.5. The van der Waals surface area contributed by atoms with Gasteiger partial charge in [-0.3, -0.25) is 4.99 Å². The lowest BCUT2D eigenvalue weighted by Crippen LogP contribution is -2.09. The number of carboxylic acids is 1. The van der Waals surface area contributed by atoms with E-state index < -0.39 is 12.6 Å². The number of benzene rings is 2. The van der Waals surface area contributed by atoms with Crippen LogP contribution in [0.3, 0.4) is 0 Å². The van der Waals surface area contributed by atoms with Crippen LogP contribution in [0.25, 0.3) is 0 Å². The van der Waals surface area contributed by atoms with E-state index in [0.29, 0.717) is 16.7 Å². The van der Waals surface area contributed by atoms with Crippen LogP contribution in [0.1, 0.15) is 30.9 Å². The van der Waals surface area contributed by atoms with Gasteiger partial charge in [-0.2, -0.15) is 0 Å². The van der Waals surface area contributed by atoms with Crippen molar-refractivity contribution in [3.8, 4) is 5.75 Å². The molecule has 0 atom stereocenters. The summed E-state index contributed by atoms with van der Waals surface area (Å²) in [5.74, 6) is -0.214. The predicted molar refractivity (Wildman–Crippen MR) is 92.4 cm³/mol. The van der Waals surface area contributed by atoms with E-state index >= 15 is 0 Å². The molecule has 5 heteroatoms. The number of aliphatic imine (C=N–C) groups is 1. The Kier molecular flexibility index (Phi) is 5.77. The van der Waals surface area contributed by atoms with Crippen LogP contribution < -0.4 is 4.74 Å². The molecule has 0 bridgehead atoms. The number of carboxylic acid groups (broad SMARTS) is 1. The number of rotatable bonds is 6. The van der Waals surface area contributed by atoms with Gasteiger partial charge in [0.2, 0.25) is 0 Å². The number of halogens is 1. The molecule has 0 aliphatic heterocycles. The molecule has 2 rings (SSSR count). The second-order valence-electron chi connectivity index (χ2n) is 5.38. The highest BCUT2D eigenvalue weighted by Crippen LogP contribution is 2.25.